The first-order valence-corrected chi connectivity index (χ1v) is 6.64. The lowest BCUT2D eigenvalue weighted by molar-refractivity contribution is -0.137. The van der Waals surface area contributed by atoms with Gasteiger partial charge in [0.05, 0.1) is 18.4 Å². The van der Waals surface area contributed by atoms with E-state index in [9.17, 15) is 13.2 Å². The van der Waals surface area contributed by atoms with E-state index in [1.165, 1.54) is 12.1 Å². The van der Waals surface area contributed by atoms with E-state index in [-0.39, 0.29) is 0 Å². The summed E-state index contributed by atoms with van der Waals surface area (Å²) in [5, 5.41) is 0. The monoisotopic (exact) mass is 345 g/mol. The lowest BCUT2D eigenvalue weighted by atomic mass is 10.1. The maximum atomic E-state index is 12.4. The lowest BCUT2D eigenvalue weighted by Gasteiger charge is -2.08. The summed E-state index contributed by atoms with van der Waals surface area (Å²) in [6.45, 7) is 0.378. The SMILES string of the molecule is FC(F)(F)c1ccc(CCOc2cncc(Br)c2)cc1. The van der Waals surface area contributed by atoms with E-state index in [0.29, 0.717) is 18.8 Å². The molecular weight excluding hydrogens is 335 g/mol. The fourth-order valence-electron chi connectivity index (χ4n) is 1.62. The minimum absolute atomic E-state index is 0.378. The Morgan fingerprint density at radius 2 is 1.80 bits per heavy atom. The number of pyridine rings is 1. The third kappa shape index (κ3) is 4.23. The summed E-state index contributed by atoms with van der Waals surface area (Å²) in [4.78, 5) is 3.95. The smallest absolute Gasteiger partial charge is 0.416 e. The third-order valence-corrected chi connectivity index (χ3v) is 3.05. The highest BCUT2D eigenvalue weighted by molar-refractivity contribution is 9.10. The first-order valence-electron chi connectivity index (χ1n) is 5.84. The maximum absolute atomic E-state index is 12.4. The van der Waals surface area contributed by atoms with Crippen LogP contribution in [0.3, 0.4) is 0 Å². The highest BCUT2D eigenvalue weighted by atomic mass is 79.9. The van der Waals surface area contributed by atoms with Gasteiger partial charge in [0.1, 0.15) is 5.75 Å². The van der Waals surface area contributed by atoms with E-state index in [4.69, 9.17) is 4.74 Å². The third-order valence-electron chi connectivity index (χ3n) is 2.62. The zero-order chi connectivity index (χ0) is 14.6. The Morgan fingerprint density at radius 1 is 1.10 bits per heavy atom. The van der Waals surface area contributed by atoms with Crippen LogP contribution in [0.4, 0.5) is 13.2 Å². The Bertz CT molecular complexity index is 569. The molecule has 0 aliphatic carbocycles. The molecular formula is C14H11BrF3NO. The highest BCUT2D eigenvalue weighted by Gasteiger charge is 2.29. The van der Waals surface area contributed by atoms with Gasteiger partial charge in [-0.15, -0.1) is 0 Å². The van der Waals surface area contributed by atoms with Gasteiger partial charge in [-0.1, -0.05) is 12.1 Å². The van der Waals surface area contributed by atoms with E-state index in [0.717, 1.165) is 22.2 Å². The zero-order valence-corrected chi connectivity index (χ0v) is 11.9. The Labute approximate surface area is 122 Å². The van der Waals surface area contributed by atoms with E-state index < -0.39 is 11.7 Å². The van der Waals surface area contributed by atoms with Gasteiger partial charge >= 0.3 is 6.18 Å². The second kappa shape index (κ2) is 6.26. The molecule has 2 rings (SSSR count). The van der Waals surface area contributed by atoms with Crippen molar-refractivity contribution in [2.75, 3.05) is 6.61 Å². The molecule has 0 bridgehead atoms. The fourth-order valence-corrected chi connectivity index (χ4v) is 1.96. The molecule has 0 unspecified atom stereocenters. The molecule has 0 aliphatic heterocycles. The van der Waals surface area contributed by atoms with Gasteiger partial charge in [-0.05, 0) is 39.7 Å². The summed E-state index contributed by atoms with van der Waals surface area (Å²) < 4.78 is 43.5. The van der Waals surface area contributed by atoms with Crippen LogP contribution in [-0.4, -0.2) is 11.6 Å². The molecule has 0 aliphatic rings. The van der Waals surface area contributed by atoms with Gasteiger partial charge in [0, 0.05) is 17.1 Å². The Balaban J connectivity index is 1.88. The number of aromatic nitrogens is 1. The van der Waals surface area contributed by atoms with Crippen LogP contribution in [-0.2, 0) is 12.6 Å². The fraction of sp³-hybridized carbons (Fsp3) is 0.214. The molecule has 1 aromatic carbocycles. The molecule has 0 amide bonds. The van der Waals surface area contributed by atoms with Crippen LogP contribution < -0.4 is 4.74 Å². The Kier molecular flexibility index (Phi) is 4.65. The second-order valence-corrected chi connectivity index (χ2v) is 5.05. The number of halogens is 4. The van der Waals surface area contributed by atoms with Gasteiger partial charge in [0.15, 0.2) is 0 Å². The molecule has 0 saturated carbocycles. The minimum atomic E-state index is -4.29. The standard InChI is InChI=1S/C14H11BrF3NO/c15-12-7-13(9-19-8-12)20-6-5-10-1-3-11(4-2-10)14(16,17)18/h1-4,7-9H,5-6H2. The maximum Gasteiger partial charge on any atom is 0.416 e. The normalized spacial score (nSPS) is 11.4. The predicted molar refractivity (Wildman–Crippen MR) is 72.6 cm³/mol. The number of hydrogen-bond donors (Lipinski definition) is 0. The van der Waals surface area contributed by atoms with Crippen LogP contribution in [0.25, 0.3) is 0 Å². The van der Waals surface area contributed by atoms with Crippen LogP contribution >= 0.6 is 15.9 Å². The van der Waals surface area contributed by atoms with Crippen LogP contribution in [0, 0.1) is 0 Å². The van der Waals surface area contributed by atoms with Gasteiger partial charge in [0.25, 0.3) is 0 Å². The van der Waals surface area contributed by atoms with E-state index >= 15 is 0 Å². The molecule has 0 N–H and O–H groups in total. The van der Waals surface area contributed by atoms with Crippen molar-refractivity contribution in [3.8, 4) is 5.75 Å². The summed E-state index contributed by atoms with van der Waals surface area (Å²) in [7, 11) is 0. The number of ether oxygens (including phenoxy) is 1. The molecule has 20 heavy (non-hydrogen) atoms. The van der Waals surface area contributed by atoms with E-state index in [1.54, 1.807) is 18.5 Å². The largest absolute Gasteiger partial charge is 0.492 e. The van der Waals surface area contributed by atoms with Crippen LogP contribution in [0.15, 0.2) is 47.2 Å². The van der Waals surface area contributed by atoms with Crippen molar-refractivity contribution in [3.05, 3.63) is 58.3 Å². The highest BCUT2D eigenvalue weighted by Crippen LogP contribution is 2.29. The molecule has 106 valence electrons. The zero-order valence-electron chi connectivity index (χ0n) is 10.3. The molecule has 0 fully saturated rings. The predicted octanol–water partition coefficient (Wildman–Crippen LogP) is 4.48. The Hall–Kier alpha value is -1.56. The van der Waals surface area contributed by atoms with Gasteiger partial charge in [-0.3, -0.25) is 4.98 Å². The van der Waals surface area contributed by atoms with Crippen molar-refractivity contribution in [2.24, 2.45) is 0 Å². The van der Waals surface area contributed by atoms with Gasteiger partial charge < -0.3 is 4.74 Å². The molecule has 1 heterocycles. The molecule has 2 aromatic rings. The van der Waals surface area contributed by atoms with Crippen molar-refractivity contribution in [2.45, 2.75) is 12.6 Å². The molecule has 1 aromatic heterocycles. The summed E-state index contributed by atoms with van der Waals surface area (Å²) in [6, 6.07) is 6.86. The van der Waals surface area contributed by atoms with Crippen molar-refractivity contribution < 1.29 is 17.9 Å². The number of rotatable bonds is 4. The van der Waals surface area contributed by atoms with Gasteiger partial charge in [0.2, 0.25) is 0 Å². The van der Waals surface area contributed by atoms with Crippen LogP contribution in [0.5, 0.6) is 5.75 Å². The van der Waals surface area contributed by atoms with Gasteiger partial charge in [-0.2, -0.15) is 13.2 Å². The summed E-state index contributed by atoms with van der Waals surface area (Å²) in [5.74, 6) is 0.617. The van der Waals surface area contributed by atoms with Gasteiger partial charge in [-0.25, -0.2) is 0 Å². The number of hydrogen-bond acceptors (Lipinski definition) is 2. The average molecular weight is 346 g/mol. The average Bonchev–Trinajstić information content (AvgIpc) is 2.38. The summed E-state index contributed by atoms with van der Waals surface area (Å²) >= 11 is 3.28. The molecule has 0 spiro atoms. The summed E-state index contributed by atoms with van der Waals surface area (Å²) in [6.07, 6.45) is -0.540. The Morgan fingerprint density at radius 3 is 2.40 bits per heavy atom. The molecule has 6 heteroatoms. The van der Waals surface area contributed by atoms with Crippen molar-refractivity contribution >= 4 is 15.9 Å². The minimum Gasteiger partial charge on any atom is -0.492 e. The van der Waals surface area contributed by atoms with Crippen molar-refractivity contribution in [1.29, 1.82) is 0 Å². The summed E-state index contributed by atoms with van der Waals surface area (Å²) in [5.41, 5.74) is 0.152. The van der Waals surface area contributed by atoms with E-state index in [2.05, 4.69) is 20.9 Å². The topological polar surface area (TPSA) is 22.1 Å². The van der Waals surface area contributed by atoms with Crippen molar-refractivity contribution in [1.82, 2.24) is 4.98 Å². The quantitative estimate of drug-likeness (QED) is 0.814. The number of nitrogens with zero attached hydrogens (tertiary/aromatic N) is 1. The molecule has 0 radical (unpaired) electrons. The number of benzene rings is 1. The van der Waals surface area contributed by atoms with E-state index in [1.807, 2.05) is 0 Å². The van der Waals surface area contributed by atoms with Crippen molar-refractivity contribution in [3.63, 3.8) is 0 Å². The van der Waals surface area contributed by atoms with Crippen LogP contribution in [0.1, 0.15) is 11.1 Å². The first-order chi connectivity index (χ1) is 9.45. The number of alkyl halides is 3. The molecule has 2 nitrogen and oxygen atoms in total. The molecule has 0 saturated heterocycles. The van der Waals surface area contributed by atoms with Crippen LogP contribution in [0.2, 0.25) is 0 Å². The lowest BCUT2D eigenvalue weighted by Crippen LogP contribution is -2.05. The molecule has 0 atom stereocenters. The first kappa shape index (κ1) is 14.8. The second-order valence-electron chi connectivity index (χ2n) is 4.13.